The molecule has 11 heteroatoms. The molecule has 0 rings (SSSR count). The first-order chi connectivity index (χ1) is 25.1. The third kappa shape index (κ3) is 36.0. The Morgan fingerprint density at radius 2 is 1.12 bits per heavy atom. The van der Waals surface area contributed by atoms with Gasteiger partial charge >= 0.3 is 19.8 Å². The molecule has 0 saturated carbocycles. The van der Waals surface area contributed by atoms with Crippen LogP contribution in [-0.2, 0) is 28.2 Å². The molecule has 0 bridgehead atoms. The van der Waals surface area contributed by atoms with Gasteiger partial charge in [0, 0.05) is 12.8 Å². The van der Waals surface area contributed by atoms with Gasteiger partial charge in [-0.2, -0.15) is 0 Å². The second-order valence-electron chi connectivity index (χ2n) is 13.2. The lowest BCUT2D eigenvalue weighted by atomic mass is 10.0. The van der Waals surface area contributed by atoms with Crippen LogP contribution in [0.25, 0.3) is 0 Å². The topological polar surface area (TPSA) is 160 Å². The van der Waals surface area contributed by atoms with E-state index in [1.807, 2.05) is 18.2 Å². The molecule has 0 unspecified atom stereocenters. The van der Waals surface area contributed by atoms with Crippen LogP contribution in [0.2, 0.25) is 0 Å². The molecule has 0 spiro atoms. The van der Waals surface area contributed by atoms with Gasteiger partial charge in [-0.15, -0.1) is 0 Å². The number of aliphatic hydroxyl groups is 2. The van der Waals surface area contributed by atoms with Crippen LogP contribution in [0.3, 0.4) is 0 Å². The van der Waals surface area contributed by atoms with E-state index in [0.29, 0.717) is 6.42 Å². The van der Waals surface area contributed by atoms with Crippen LogP contribution in [0.5, 0.6) is 0 Å². The molecule has 0 aliphatic heterocycles. The number of rotatable bonds is 35. The van der Waals surface area contributed by atoms with Crippen molar-refractivity contribution in [3.05, 3.63) is 60.8 Å². The van der Waals surface area contributed by atoms with Crippen LogP contribution in [-0.4, -0.2) is 63.5 Å². The summed E-state index contributed by atoms with van der Waals surface area (Å²) in [6.45, 7) is 3.29. The van der Waals surface area contributed by atoms with E-state index in [-0.39, 0.29) is 32.1 Å². The zero-order chi connectivity index (χ0) is 38.5. The molecule has 4 N–H and O–H groups in total. The van der Waals surface area contributed by atoms with Gasteiger partial charge < -0.3 is 29.5 Å². The lowest BCUT2D eigenvalue weighted by Gasteiger charge is -2.19. The maximum Gasteiger partial charge on any atom is 0.469 e. The van der Waals surface area contributed by atoms with Crippen LogP contribution in [0, 0.1) is 0 Å². The number of carbonyl (C=O) groups excluding carboxylic acids is 2. The summed E-state index contributed by atoms with van der Waals surface area (Å²) in [5.74, 6) is -1.18. The minimum Gasteiger partial charge on any atom is -0.462 e. The molecule has 0 aromatic rings. The number of esters is 2. The Bertz CT molecular complexity index is 1060. The van der Waals surface area contributed by atoms with Crippen LogP contribution in [0.1, 0.15) is 155 Å². The summed E-state index contributed by atoms with van der Waals surface area (Å²) in [5, 5.41) is 20.5. The van der Waals surface area contributed by atoms with Gasteiger partial charge in [-0.25, -0.2) is 4.57 Å². The summed E-state index contributed by atoms with van der Waals surface area (Å²) in [4.78, 5) is 42.8. The van der Waals surface area contributed by atoms with Crippen molar-refractivity contribution in [3.63, 3.8) is 0 Å². The molecule has 0 amide bonds. The number of hydrogen-bond acceptors (Lipinski definition) is 8. The van der Waals surface area contributed by atoms with Crippen molar-refractivity contribution in [2.75, 3.05) is 13.2 Å². The Morgan fingerprint density at radius 3 is 1.69 bits per heavy atom. The first-order valence-electron chi connectivity index (χ1n) is 19.7. The van der Waals surface area contributed by atoms with Crippen molar-refractivity contribution in [3.8, 4) is 0 Å². The highest BCUT2D eigenvalue weighted by molar-refractivity contribution is 7.46. The SMILES string of the molecule is CC/C=C\C/C=C\C/C=C\C/C=C\C[C@@H](O)[C@H](O)CCCC(=O)O[C@H](COC(=O)CCCCCCCCC/C=C\CCCCCC)COP(=O)(O)O. The van der Waals surface area contributed by atoms with E-state index >= 15 is 0 Å². The van der Waals surface area contributed by atoms with E-state index in [1.54, 1.807) is 0 Å². The number of allylic oxidation sites excluding steroid dienone is 9. The number of unbranched alkanes of at least 4 members (excludes halogenated alkanes) is 11. The number of phosphoric ester groups is 1. The lowest BCUT2D eigenvalue weighted by molar-refractivity contribution is -0.161. The maximum atomic E-state index is 12.4. The molecule has 52 heavy (non-hydrogen) atoms. The number of phosphoric acid groups is 1. The Morgan fingerprint density at radius 1 is 0.596 bits per heavy atom. The molecule has 0 heterocycles. The van der Waals surface area contributed by atoms with Crippen molar-refractivity contribution < 1.29 is 48.2 Å². The number of aliphatic hydroxyl groups excluding tert-OH is 2. The Kier molecular flexibility index (Phi) is 34.1. The average Bonchev–Trinajstić information content (AvgIpc) is 3.11. The summed E-state index contributed by atoms with van der Waals surface area (Å²) in [7, 11) is -4.84. The third-order valence-corrected chi connectivity index (χ3v) is 8.71. The van der Waals surface area contributed by atoms with E-state index in [0.717, 1.165) is 51.4 Å². The highest BCUT2D eigenvalue weighted by Crippen LogP contribution is 2.36. The van der Waals surface area contributed by atoms with Gasteiger partial charge in [-0.3, -0.25) is 14.1 Å². The van der Waals surface area contributed by atoms with Gasteiger partial charge in [0.25, 0.3) is 0 Å². The normalized spacial score (nSPS) is 14.3. The van der Waals surface area contributed by atoms with Crippen molar-refractivity contribution in [1.29, 1.82) is 0 Å². The van der Waals surface area contributed by atoms with E-state index < -0.39 is 51.3 Å². The molecular formula is C41H71O10P. The largest absolute Gasteiger partial charge is 0.469 e. The predicted octanol–water partition coefficient (Wildman–Crippen LogP) is 9.68. The Balaban J connectivity index is 4.23. The van der Waals surface area contributed by atoms with E-state index in [2.05, 4.69) is 60.9 Å². The van der Waals surface area contributed by atoms with Gasteiger partial charge in [-0.1, -0.05) is 126 Å². The van der Waals surface area contributed by atoms with E-state index in [4.69, 9.17) is 19.3 Å². The van der Waals surface area contributed by atoms with Crippen LogP contribution in [0.4, 0.5) is 0 Å². The van der Waals surface area contributed by atoms with Gasteiger partial charge in [0.05, 0.1) is 18.8 Å². The summed E-state index contributed by atoms with van der Waals surface area (Å²) >= 11 is 0. The summed E-state index contributed by atoms with van der Waals surface area (Å²) in [6, 6.07) is 0. The fourth-order valence-electron chi connectivity index (χ4n) is 5.16. The monoisotopic (exact) mass is 754 g/mol. The minimum atomic E-state index is -4.84. The second kappa shape index (κ2) is 35.7. The smallest absolute Gasteiger partial charge is 0.462 e. The quantitative estimate of drug-likeness (QED) is 0.0212. The zero-order valence-corrected chi connectivity index (χ0v) is 33.1. The summed E-state index contributed by atoms with van der Waals surface area (Å²) in [5.41, 5.74) is 0. The van der Waals surface area contributed by atoms with Crippen molar-refractivity contribution in [1.82, 2.24) is 0 Å². The maximum absolute atomic E-state index is 12.4. The molecule has 300 valence electrons. The number of carbonyl (C=O) groups is 2. The minimum absolute atomic E-state index is 0.107. The third-order valence-electron chi connectivity index (χ3n) is 8.22. The number of ether oxygens (including phenoxy) is 2. The van der Waals surface area contributed by atoms with E-state index in [9.17, 15) is 24.4 Å². The van der Waals surface area contributed by atoms with Crippen LogP contribution >= 0.6 is 7.82 Å². The fourth-order valence-corrected chi connectivity index (χ4v) is 5.52. The van der Waals surface area contributed by atoms with Gasteiger partial charge in [0.15, 0.2) is 6.10 Å². The van der Waals surface area contributed by atoms with Crippen molar-refractivity contribution in [2.24, 2.45) is 0 Å². The average molecular weight is 755 g/mol. The molecule has 0 aliphatic carbocycles. The lowest BCUT2D eigenvalue weighted by Crippen LogP contribution is -2.30. The first-order valence-corrected chi connectivity index (χ1v) is 21.3. The molecule has 0 aliphatic rings. The Labute approximate surface area is 314 Å². The highest BCUT2D eigenvalue weighted by Gasteiger charge is 2.23. The fraction of sp³-hybridized carbons (Fsp3) is 0.707. The van der Waals surface area contributed by atoms with Crippen LogP contribution in [0.15, 0.2) is 60.8 Å². The standard InChI is InChI=1S/C41H71O10P/c1-3-5-7-9-11-13-15-17-18-19-21-23-25-27-29-33-40(44)49-35-37(36-50-52(46,47)48)51-41(45)34-30-32-39(43)38(42)31-28-26-24-22-20-16-14-12-10-8-6-4-2/h6,8,12-15,20,22,26,28,37-39,42-43H,3-5,7,9-11,16-19,21,23-25,27,29-36H2,1-2H3,(H2,46,47,48)/b8-6-,14-12-,15-13-,22-20-,28-26-/t37-,38-,39-/m1/s1. The van der Waals surface area contributed by atoms with Gasteiger partial charge in [0.2, 0.25) is 0 Å². The first kappa shape index (κ1) is 49.7. The Hall–Kier alpha value is -2.33. The van der Waals surface area contributed by atoms with Gasteiger partial charge in [-0.05, 0) is 77.0 Å². The van der Waals surface area contributed by atoms with E-state index in [1.165, 1.54) is 51.4 Å². The summed E-state index contributed by atoms with van der Waals surface area (Å²) in [6.07, 6.45) is 36.8. The van der Waals surface area contributed by atoms with Crippen molar-refractivity contribution >= 4 is 19.8 Å². The molecule has 3 atom stereocenters. The highest BCUT2D eigenvalue weighted by atomic mass is 31.2. The van der Waals surface area contributed by atoms with Gasteiger partial charge in [0.1, 0.15) is 6.61 Å². The van der Waals surface area contributed by atoms with Crippen LogP contribution < -0.4 is 0 Å². The molecule has 0 radical (unpaired) electrons. The number of hydrogen-bond donors (Lipinski definition) is 4. The summed E-state index contributed by atoms with van der Waals surface area (Å²) < 4.78 is 26.2. The zero-order valence-electron chi connectivity index (χ0n) is 32.2. The van der Waals surface area contributed by atoms with Crippen molar-refractivity contribution in [2.45, 2.75) is 173 Å². The molecular weight excluding hydrogens is 683 g/mol. The predicted molar refractivity (Wildman–Crippen MR) is 209 cm³/mol. The molecule has 0 aromatic carbocycles. The molecule has 10 nitrogen and oxygen atoms in total. The second-order valence-corrected chi connectivity index (χ2v) is 14.4. The molecule has 0 fully saturated rings. The molecule has 0 aromatic heterocycles. The molecule has 0 saturated heterocycles.